The van der Waals surface area contributed by atoms with Gasteiger partial charge in [-0.1, -0.05) is 0 Å². The Hall–Kier alpha value is -1.46. The van der Waals surface area contributed by atoms with E-state index in [1.54, 1.807) is 0 Å². The number of thiazole rings is 2. The van der Waals surface area contributed by atoms with Crippen LogP contribution in [0.1, 0.15) is 43.2 Å². The Morgan fingerprint density at radius 3 is 1.70 bits per heavy atom. The fraction of sp³-hybridized carbons (Fsp3) is 0.667. The van der Waals surface area contributed by atoms with E-state index in [9.17, 15) is 32.2 Å². The smallest absolute Gasteiger partial charge is 0.376 e. The van der Waals surface area contributed by atoms with Crippen molar-refractivity contribution in [1.29, 1.82) is 0 Å². The van der Waals surface area contributed by atoms with E-state index in [4.69, 9.17) is 53.2 Å². The third kappa shape index (κ3) is 9.57. The maximum atomic E-state index is 15.4. The average molecular weight is 877 g/mol. The van der Waals surface area contributed by atoms with Gasteiger partial charge in [-0.25, -0.2) is 31.9 Å². The van der Waals surface area contributed by atoms with Crippen LogP contribution in [-0.2, 0) is 68.7 Å². The first-order chi connectivity index (χ1) is 24.9. The predicted molar refractivity (Wildman–Crippen MR) is 177 cm³/mol. The summed E-state index contributed by atoms with van der Waals surface area (Å²) in [6, 6.07) is 0. The average Bonchev–Trinajstić information content (AvgIpc) is 3.89. The minimum Gasteiger partial charge on any atom is -0.376 e. The maximum Gasteiger partial charge on any atom is 0.520 e. The van der Waals surface area contributed by atoms with E-state index in [0.717, 1.165) is 22.7 Å². The molecule has 21 nitrogen and oxygen atoms in total. The van der Waals surface area contributed by atoms with Gasteiger partial charge in [0.1, 0.15) is 70.2 Å². The fourth-order valence-corrected chi connectivity index (χ4v) is 17.8. The molecule has 2 amide bonds. The summed E-state index contributed by atoms with van der Waals surface area (Å²) in [5, 5.41) is 3.26. The number of ether oxygens (including phenoxy) is 6. The van der Waals surface area contributed by atoms with Crippen LogP contribution >= 0.6 is 53.4 Å². The lowest BCUT2D eigenvalue weighted by molar-refractivity contribution is -0.0382. The minimum atomic E-state index is -6.00. The van der Waals surface area contributed by atoms with Gasteiger partial charge in [-0.05, 0) is 0 Å². The number of aromatic nitrogens is 2. The van der Waals surface area contributed by atoms with Gasteiger partial charge in [0.05, 0.1) is 13.2 Å². The van der Waals surface area contributed by atoms with E-state index in [2.05, 4.69) is 18.6 Å². The zero-order valence-corrected chi connectivity index (χ0v) is 33.2. The highest BCUT2D eigenvalue weighted by atomic mass is 32.1. The van der Waals surface area contributed by atoms with Crippen LogP contribution in [0.15, 0.2) is 10.8 Å². The number of nitrogens with zero attached hydrogens (tertiary/aromatic N) is 2. The van der Waals surface area contributed by atoms with Crippen molar-refractivity contribution < 1.29 is 86.8 Å². The van der Waals surface area contributed by atoms with Crippen LogP contribution in [0.25, 0.3) is 0 Å². The topological polar surface area (TPSA) is 282 Å². The number of methoxy groups -OCH3 is 4. The number of carbonyl (C=O) groups excluding carboxylic acids is 2. The highest BCUT2D eigenvalue weighted by Crippen LogP contribution is 2.84. The summed E-state index contributed by atoms with van der Waals surface area (Å²) < 4.78 is 140. The van der Waals surface area contributed by atoms with Crippen LogP contribution in [0.3, 0.4) is 0 Å². The van der Waals surface area contributed by atoms with Gasteiger partial charge >= 0.3 is 30.7 Å². The monoisotopic (exact) mass is 876 g/mol. The number of carbonyl (C=O) groups is 2. The first-order valence-corrected chi connectivity index (χ1v) is 23.3. The molecule has 0 aromatic carbocycles. The summed E-state index contributed by atoms with van der Waals surface area (Å²) in [6.45, 7) is -1.63. The van der Waals surface area contributed by atoms with Crippen molar-refractivity contribution in [2.75, 3.05) is 54.0 Å². The lowest BCUT2D eigenvalue weighted by atomic mass is 10.1. The molecule has 5 rings (SSSR count). The molecule has 0 radical (unpaired) electrons. The highest BCUT2D eigenvalue weighted by molar-refractivity contribution is 7.84. The van der Waals surface area contributed by atoms with Crippen LogP contribution in [0.4, 0.5) is 8.59 Å². The molecular formula is C24H34F2N4O17P4S2. The van der Waals surface area contributed by atoms with Crippen LogP contribution in [-0.4, -0.2) is 112 Å². The standard InChI is InChI=1S/C24H34F2N4O17P4S2/c1-37-15-13(43-19(17(15)39-3)23-29-11(7-52-23)21(27)31)5-41-49(34)10-50(35,46-48(33,9-25)45-49)47-51(26,36)42-6-14-16(38-2)18(40-4)20(44-14)24-30-12(8-53-24)22(28)32/h7-8,13-20H,5-6,9-10H2,1-4H3,(H2,27,31)(H2,28,32)/t13-,14-,15+,16+,17?,18?,19-,20-,48?,49?,50?,51?/m1/s1. The number of hydrogen-bond donors (Lipinski definition) is 2. The van der Waals surface area contributed by atoms with E-state index in [1.807, 2.05) is 0 Å². The molecule has 3 aliphatic heterocycles. The molecule has 29 heteroatoms. The van der Waals surface area contributed by atoms with Crippen molar-refractivity contribution in [1.82, 2.24) is 9.97 Å². The van der Waals surface area contributed by atoms with Crippen molar-refractivity contribution >= 4 is 65.2 Å². The molecule has 298 valence electrons. The lowest BCUT2D eigenvalue weighted by Crippen LogP contribution is -2.36. The number of nitrogens with two attached hydrogens (primary N) is 2. The van der Waals surface area contributed by atoms with E-state index in [0.29, 0.717) is 0 Å². The zero-order valence-electron chi connectivity index (χ0n) is 28.0. The molecule has 12 atom stereocenters. The quantitative estimate of drug-likeness (QED) is 0.212. The first-order valence-electron chi connectivity index (χ1n) is 14.9. The first kappa shape index (κ1) is 42.7. The van der Waals surface area contributed by atoms with Crippen LogP contribution in [0.5, 0.6) is 0 Å². The normalized spacial score (nSPS) is 37.1. The van der Waals surface area contributed by atoms with Crippen molar-refractivity contribution in [3.05, 3.63) is 32.2 Å². The van der Waals surface area contributed by atoms with Gasteiger partial charge in [-0.2, -0.15) is 0 Å². The number of alkyl halides is 1. The molecule has 0 bridgehead atoms. The van der Waals surface area contributed by atoms with Crippen LogP contribution in [0, 0.1) is 0 Å². The van der Waals surface area contributed by atoms with E-state index >= 15 is 4.20 Å². The maximum absolute atomic E-state index is 15.4. The molecule has 0 spiro atoms. The summed E-state index contributed by atoms with van der Waals surface area (Å²) in [6.07, 6.45) is -10.1. The van der Waals surface area contributed by atoms with Gasteiger partial charge in [-0.15, -0.1) is 26.9 Å². The lowest BCUT2D eigenvalue weighted by Gasteiger charge is -2.33. The van der Waals surface area contributed by atoms with Gasteiger partial charge in [0, 0.05) is 39.2 Å². The van der Waals surface area contributed by atoms with Crippen molar-refractivity contribution in [2.45, 2.75) is 48.8 Å². The molecule has 2 aromatic heterocycles. The zero-order chi connectivity index (χ0) is 38.9. The Bertz CT molecular complexity index is 1850. The number of primary amides is 2. The molecule has 4 N–H and O–H groups in total. The summed E-state index contributed by atoms with van der Waals surface area (Å²) in [5.74, 6) is -3.09. The van der Waals surface area contributed by atoms with Crippen molar-refractivity contribution in [3.8, 4) is 0 Å². The number of hydrogen-bond acceptors (Lipinski definition) is 21. The van der Waals surface area contributed by atoms with E-state index in [-0.39, 0.29) is 21.4 Å². The van der Waals surface area contributed by atoms with Crippen LogP contribution in [0.2, 0.25) is 0 Å². The molecule has 3 aliphatic rings. The largest absolute Gasteiger partial charge is 0.520 e. The third-order valence-corrected chi connectivity index (χ3v) is 19.4. The summed E-state index contributed by atoms with van der Waals surface area (Å²) in [5.41, 5.74) is 10.5. The minimum absolute atomic E-state index is 0.0440. The molecule has 2 aromatic rings. The summed E-state index contributed by atoms with van der Waals surface area (Å²) in [4.78, 5) is 31.3. The van der Waals surface area contributed by atoms with Gasteiger partial charge in [0.2, 0.25) is 0 Å². The fourth-order valence-electron chi connectivity index (χ4n) is 5.60. The molecule has 0 saturated carbocycles. The van der Waals surface area contributed by atoms with Gasteiger partial charge in [-0.3, -0.25) is 27.8 Å². The second-order valence-electron chi connectivity index (χ2n) is 11.2. The number of rotatable bonds is 17. The second-order valence-corrected chi connectivity index (χ2v) is 21.4. The Labute approximate surface area is 307 Å². The van der Waals surface area contributed by atoms with Crippen molar-refractivity contribution in [3.63, 3.8) is 0 Å². The Morgan fingerprint density at radius 2 is 1.28 bits per heavy atom. The van der Waals surface area contributed by atoms with E-state index < -0.39 is 117 Å². The Balaban J connectivity index is 1.27. The predicted octanol–water partition coefficient (Wildman–Crippen LogP) is 4.08. The Morgan fingerprint density at radius 1 is 0.830 bits per heavy atom. The number of halogens is 2. The second kappa shape index (κ2) is 17.0. The molecule has 0 aliphatic carbocycles. The SMILES string of the molecule is COC1[C@@H](OC)[C@@H](COP(=O)(F)OP2(=O)CP(=O)(OC[C@H]3O[C@@H](c4nc(C(N)=O)cs4)C(OC)[C@H]3OC)OP(=O)(CF)O2)O[C@H]1c1nc(C(N)=O)cs1. The van der Waals surface area contributed by atoms with Gasteiger partial charge in [0.25, 0.3) is 11.8 Å². The van der Waals surface area contributed by atoms with Gasteiger partial charge in [0.15, 0.2) is 12.3 Å². The molecular weight excluding hydrogens is 842 g/mol. The molecule has 3 saturated heterocycles. The van der Waals surface area contributed by atoms with Gasteiger partial charge < -0.3 is 44.4 Å². The van der Waals surface area contributed by atoms with Crippen molar-refractivity contribution in [2.24, 2.45) is 11.5 Å². The molecule has 5 heterocycles. The molecule has 6 unspecified atom stereocenters. The number of amides is 2. The Kier molecular flexibility index (Phi) is 13.7. The molecule has 3 fully saturated rings. The van der Waals surface area contributed by atoms with Crippen LogP contribution < -0.4 is 11.5 Å². The third-order valence-electron chi connectivity index (χ3n) is 7.79. The highest BCUT2D eigenvalue weighted by Gasteiger charge is 2.58. The summed E-state index contributed by atoms with van der Waals surface area (Å²) in [7, 11) is -16.5. The molecule has 53 heavy (non-hydrogen) atoms. The van der Waals surface area contributed by atoms with E-state index in [1.165, 1.54) is 39.2 Å². The summed E-state index contributed by atoms with van der Waals surface area (Å²) >= 11 is 2.03.